The summed E-state index contributed by atoms with van der Waals surface area (Å²) in [4.78, 5) is 14.8. The number of rotatable bonds is 9. The molecule has 0 aromatic heterocycles. The molecule has 1 aliphatic carbocycles. The van der Waals surface area contributed by atoms with E-state index in [9.17, 15) is 4.79 Å². The molecule has 0 radical (unpaired) electrons. The summed E-state index contributed by atoms with van der Waals surface area (Å²) in [6.45, 7) is 2.95. The van der Waals surface area contributed by atoms with Gasteiger partial charge in [-0.25, -0.2) is 0 Å². The highest BCUT2D eigenvalue weighted by Gasteiger charge is 2.31. The van der Waals surface area contributed by atoms with Crippen LogP contribution >= 0.6 is 11.6 Å². The molecule has 1 amide bonds. The van der Waals surface area contributed by atoms with Gasteiger partial charge in [0.1, 0.15) is 5.75 Å². The molecule has 5 nitrogen and oxygen atoms in total. The minimum atomic E-state index is -0.0210. The average Bonchev–Trinajstić information content (AvgIpc) is 3.57. The molecule has 0 spiro atoms. The van der Waals surface area contributed by atoms with Gasteiger partial charge in [0.15, 0.2) is 11.5 Å². The van der Waals surface area contributed by atoms with Gasteiger partial charge in [-0.3, -0.25) is 4.79 Å². The number of methoxy groups -OCH3 is 2. The number of hydrogen-bond acceptors (Lipinski definition) is 4. The van der Waals surface area contributed by atoms with Gasteiger partial charge in [-0.05, 0) is 61.2 Å². The lowest BCUT2D eigenvalue weighted by Gasteiger charge is -2.21. The van der Waals surface area contributed by atoms with E-state index in [1.54, 1.807) is 32.4 Å². The molecule has 3 rings (SSSR count). The Kier molecular flexibility index (Phi) is 7.04. The second kappa shape index (κ2) is 9.70. The van der Waals surface area contributed by atoms with Gasteiger partial charge in [0.05, 0.1) is 25.8 Å². The van der Waals surface area contributed by atoms with Crippen molar-refractivity contribution in [2.75, 3.05) is 20.8 Å². The maximum Gasteiger partial charge on any atom is 0.247 e. The number of benzene rings is 2. The molecule has 0 atom stereocenters. The Hall–Kier alpha value is -2.66. The van der Waals surface area contributed by atoms with Crippen LogP contribution in [-0.4, -0.2) is 37.7 Å². The normalized spacial score (nSPS) is 13.4. The zero-order chi connectivity index (χ0) is 20.8. The van der Waals surface area contributed by atoms with E-state index in [0.717, 1.165) is 29.7 Å². The molecule has 2 aromatic carbocycles. The number of ether oxygens (including phenoxy) is 3. The molecule has 6 heteroatoms. The minimum absolute atomic E-state index is 0.0210. The Bertz CT molecular complexity index is 875. The van der Waals surface area contributed by atoms with E-state index in [4.69, 9.17) is 25.8 Å². The van der Waals surface area contributed by atoms with Crippen molar-refractivity contribution in [3.8, 4) is 17.2 Å². The first-order chi connectivity index (χ1) is 14.0. The maximum atomic E-state index is 12.9. The quantitative estimate of drug-likeness (QED) is 0.543. The summed E-state index contributed by atoms with van der Waals surface area (Å²) in [7, 11) is 3.21. The molecule has 154 valence electrons. The van der Waals surface area contributed by atoms with Crippen LogP contribution in [-0.2, 0) is 11.3 Å². The molecule has 0 bridgehead atoms. The Morgan fingerprint density at radius 2 is 1.90 bits per heavy atom. The molecule has 0 saturated heterocycles. The van der Waals surface area contributed by atoms with E-state index in [0.29, 0.717) is 35.7 Å². The third-order valence-corrected chi connectivity index (χ3v) is 5.02. The third kappa shape index (κ3) is 5.45. The molecule has 0 aliphatic heterocycles. The topological polar surface area (TPSA) is 48.0 Å². The van der Waals surface area contributed by atoms with E-state index in [1.807, 2.05) is 42.2 Å². The summed E-state index contributed by atoms with van der Waals surface area (Å²) in [5, 5.41) is 0.454. The summed E-state index contributed by atoms with van der Waals surface area (Å²) < 4.78 is 16.1. The van der Waals surface area contributed by atoms with Crippen molar-refractivity contribution in [3.05, 3.63) is 58.6 Å². The smallest absolute Gasteiger partial charge is 0.247 e. The van der Waals surface area contributed by atoms with E-state index < -0.39 is 0 Å². The number of nitrogens with zero attached hydrogens (tertiary/aromatic N) is 1. The fraction of sp³-hybridized carbons (Fsp3) is 0.348. The highest BCUT2D eigenvalue weighted by atomic mass is 35.5. The molecule has 1 saturated carbocycles. The van der Waals surface area contributed by atoms with Crippen molar-refractivity contribution in [1.29, 1.82) is 0 Å². The lowest BCUT2D eigenvalue weighted by atomic mass is 10.1. The monoisotopic (exact) mass is 415 g/mol. The van der Waals surface area contributed by atoms with Crippen molar-refractivity contribution in [1.82, 2.24) is 4.90 Å². The summed E-state index contributed by atoms with van der Waals surface area (Å²) in [5.41, 5.74) is 1.86. The summed E-state index contributed by atoms with van der Waals surface area (Å²) in [6, 6.07) is 11.7. The SMILES string of the molecule is CCOc1c(Cl)cc(C=CC(=O)N(Cc2ccc(OC)cc2)C2CC2)cc1OC. The number of halogens is 1. The highest BCUT2D eigenvalue weighted by molar-refractivity contribution is 6.32. The first kappa shape index (κ1) is 21.1. The van der Waals surface area contributed by atoms with E-state index in [-0.39, 0.29) is 5.91 Å². The van der Waals surface area contributed by atoms with Gasteiger partial charge >= 0.3 is 0 Å². The fourth-order valence-electron chi connectivity index (χ4n) is 3.08. The van der Waals surface area contributed by atoms with Gasteiger partial charge in [-0.15, -0.1) is 0 Å². The van der Waals surface area contributed by atoms with Gasteiger partial charge in [-0.2, -0.15) is 0 Å². The van der Waals surface area contributed by atoms with Gasteiger partial charge in [0, 0.05) is 18.7 Å². The Labute approximate surface area is 176 Å². The fourth-order valence-corrected chi connectivity index (χ4v) is 3.36. The predicted octanol–water partition coefficient (Wildman–Crippen LogP) is 4.96. The standard InChI is InChI=1S/C23H26ClNO4/c1-4-29-23-20(24)13-17(14-21(23)28-3)7-12-22(26)25(18-8-9-18)15-16-5-10-19(27-2)11-6-16/h5-7,10-14,18H,4,8-9,15H2,1-3H3. The van der Waals surface area contributed by atoms with Crippen LogP contribution in [0, 0.1) is 0 Å². The average molecular weight is 416 g/mol. The third-order valence-electron chi connectivity index (χ3n) is 4.74. The Morgan fingerprint density at radius 3 is 2.48 bits per heavy atom. The molecule has 0 heterocycles. The first-order valence-electron chi connectivity index (χ1n) is 9.67. The second-order valence-corrected chi connectivity index (χ2v) is 7.25. The Balaban J connectivity index is 1.74. The molecule has 2 aromatic rings. The van der Waals surface area contributed by atoms with Gasteiger partial charge in [-0.1, -0.05) is 23.7 Å². The summed E-state index contributed by atoms with van der Waals surface area (Å²) in [5.74, 6) is 1.84. The van der Waals surface area contributed by atoms with Crippen LogP contribution in [0.1, 0.15) is 30.9 Å². The number of amides is 1. The number of hydrogen-bond donors (Lipinski definition) is 0. The zero-order valence-electron chi connectivity index (χ0n) is 17.0. The first-order valence-corrected chi connectivity index (χ1v) is 10.1. The number of carbonyl (C=O) groups excluding carboxylic acids is 1. The summed E-state index contributed by atoms with van der Waals surface area (Å²) in [6.07, 6.45) is 5.43. The molecular formula is C23H26ClNO4. The molecule has 0 unspecified atom stereocenters. The minimum Gasteiger partial charge on any atom is -0.497 e. The van der Waals surface area contributed by atoms with E-state index in [1.165, 1.54) is 0 Å². The zero-order valence-corrected chi connectivity index (χ0v) is 17.7. The lowest BCUT2D eigenvalue weighted by Crippen LogP contribution is -2.31. The van der Waals surface area contributed by atoms with Crippen molar-refractivity contribution in [2.45, 2.75) is 32.4 Å². The molecule has 1 fully saturated rings. The van der Waals surface area contributed by atoms with E-state index in [2.05, 4.69) is 0 Å². The van der Waals surface area contributed by atoms with Crippen LogP contribution in [0.3, 0.4) is 0 Å². The van der Waals surface area contributed by atoms with Crippen LogP contribution in [0.5, 0.6) is 17.2 Å². The molecule has 29 heavy (non-hydrogen) atoms. The van der Waals surface area contributed by atoms with Crippen LogP contribution in [0.25, 0.3) is 6.08 Å². The van der Waals surface area contributed by atoms with Crippen LogP contribution in [0.2, 0.25) is 5.02 Å². The number of carbonyl (C=O) groups is 1. The molecular weight excluding hydrogens is 390 g/mol. The lowest BCUT2D eigenvalue weighted by molar-refractivity contribution is -0.127. The van der Waals surface area contributed by atoms with Crippen LogP contribution in [0.4, 0.5) is 0 Å². The van der Waals surface area contributed by atoms with Gasteiger partial charge in [0.25, 0.3) is 0 Å². The summed E-state index contributed by atoms with van der Waals surface area (Å²) >= 11 is 6.32. The van der Waals surface area contributed by atoms with E-state index >= 15 is 0 Å². The van der Waals surface area contributed by atoms with Crippen molar-refractivity contribution in [3.63, 3.8) is 0 Å². The van der Waals surface area contributed by atoms with Crippen molar-refractivity contribution >= 4 is 23.6 Å². The van der Waals surface area contributed by atoms with Crippen LogP contribution < -0.4 is 14.2 Å². The predicted molar refractivity (Wildman–Crippen MR) is 115 cm³/mol. The molecule has 1 aliphatic rings. The van der Waals surface area contributed by atoms with Crippen LogP contribution in [0.15, 0.2) is 42.5 Å². The van der Waals surface area contributed by atoms with Gasteiger partial charge < -0.3 is 19.1 Å². The van der Waals surface area contributed by atoms with Crippen molar-refractivity contribution < 1.29 is 19.0 Å². The molecule has 0 N–H and O–H groups in total. The maximum absolute atomic E-state index is 12.9. The van der Waals surface area contributed by atoms with Crippen molar-refractivity contribution in [2.24, 2.45) is 0 Å². The highest BCUT2D eigenvalue weighted by Crippen LogP contribution is 2.37. The Morgan fingerprint density at radius 1 is 1.17 bits per heavy atom. The largest absolute Gasteiger partial charge is 0.497 e. The second-order valence-electron chi connectivity index (χ2n) is 6.85. The van der Waals surface area contributed by atoms with Gasteiger partial charge in [0.2, 0.25) is 5.91 Å².